The van der Waals surface area contributed by atoms with Gasteiger partial charge in [0.15, 0.2) is 11.4 Å². The molecule has 1 aliphatic heterocycles. The molecule has 1 aromatic carbocycles. The number of aliphatic hydroxyl groups excluding tert-OH is 1. The molecule has 32 heavy (non-hydrogen) atoms. The number of fused-ring (bicyclic) bond motifs is 2. The zero-order chi connectivity index (χ0) is 23.2. The van der Waals surface area contributed by atoms with Crippen LogP contribution < -0.4 is 10.7 Å². The maximum atomic E-state index is 14.1. The van der Waals surface area contributed by atoms with Crippen LogP contribution in [0, 0.1) is 11.7 Å². The van der Waals surface area contributed by atoms with Crippen LogP contribution >= 0.6 is 11.6 Å². The summed E-state index contributed by atoms with van der Waals surface area (Å²) in [5.74, 6) is -2.74. The summed E-state index contributed by atoms with van der Waals surface area (Å²) in [7, 11) is 0. The minimum absolute atomic E-state index is 0.0120. The molecule has 0 saturated heterocycles. The molecular formula is C22H23ClFN3O5. The van der Waals surface area contributed by atoms with Crippen molar-refractivity contribution >= 4 is 23.4 Å². The second kappa shape index (κ2) is 8.22. The van der Waals surface area contributed by atoms with E-state index in [1.54, 1.807) is 11.8 Å². The van der Waals surface area contributed by atoms with Gasteiger partial charge in [-0.1, -0.05) is 23.7 Å². The van der Waals surface area contributed by atoms with Crippen LogP contribution in [0.25, 0.3) is 0 Å². The van der Waals surface area contributed by atoms with E-state index in [2.05, 4.69) is 5.32 Å². The number of benzene rings is 1. The molecule has 170 valence electrons. The summed E-state index contributed by atoms with van der Waals surface area (Å²) >= 11 is 5.76. The number of halogens is 2. The lowest BCUT2D eigenvalue weighted by molar-refractivity contribution is -0.0142. The van der Waals surface area contributed by atoms with E-state index in [9.17, 15) is 29.0 Å². The highest BCUT2D eigenvalue weighted by Gasteiger charge is 2.52. The molecule has 4 rings (SSSR count). The van der Waals surface area contributed by atoms with Gasteiger partial charge in [0.25, 0.3) is 11.8 Å². The van der Waals surface area contributed by atoms with E-state index in [-0.39, 0.29) is 40.9 Å². The van der Waals surface area contributed by atoms with Gasteiger partial charge in [0.2, 0.25) is 5.43 Å². The fraction of sp³-hybridized carbons (Fsp3) is 0.409. The summed E-state index contributed by atoms with van der Waals surface area (Å²) in [6, 6.07) is 4.37. The molecule has 1 fully saturated rings. The quantitative estimate of drug-likeness (QED) is 0.626. The van der Waals surface area contributed by atoms with Crippen molar-refractivity contribution in [2.24, 2.45) is 5.92 Å². The molecule has 0 bridgehead atoms. The highest BCUT2D eigenvalue weighted by molar-refractivity contribution is 6.30. The number of aromatic nitrogens is 1. The Morgan fingerprint density at radius 1 is 1.34 bits per heavy atom. The van der Waals surface area contributed by atoms with E-state index < -0.39 is 34.3 Å². The van der Waals surface area contributed by atoms with Crippen LogP contribution in [0.4, 0.5) is 4.39 Å². The van der Waals surface area contributed by atoms with E-state index in [1.165, 1.54) is 29.0 Å². The molecule has 2 aliphatic rings. The van der Waals surface area contributed by atoms with Crippen LogP contribution in [0.15, 0.2) is 29.2 Å². The Bertz CT molecular complexity index is 1160. The number of hydrogen-bond donors (Lipinski definition) is 3. The average Bonchev–Trinajstić information content (AvgIpc) is 2.75. The first-order chi connectivity index (χ1) is 15.2. The number of rotatable bonds is 5. The van der Waals surface area contributed by atoms with Gasteiger partial charge in [0.1, 0.15) is 11.4 Å². The molecule has 1 aromatic heterocycles. The van der Waals surface area contributed by atoms with Crippen LogP contribution in [0.2, 0.25) is 5.02 Å². The molecule has 0 radical (unpaired) electrons. The standard InChI is InChI=1S/C22H23ClFN3O5/c1-2-26-11-22(6-12(7-22)10-28)27-9-14(18(29)19(30)17(27)21(26)32)20(31)25-8-13-4-3-5-15(23)16(13)24/h3-5,9,12,28,30H,2,6-8,10-11H2,1H3,(H,25,31)/t12-,22-. The van der Waals surface area contributed by atoms with Crippen molar-refractivity contribution in [3.8, 4) is 5.75 Å². The minimum atomic E-state index is -0.972. The lowest BCUT2D eigenvalue weighted by Crippen LogP contribution is -2.61. The highest BCUT2D eigenvalue weighted by Crippen LogP contribution is 2.48. The van der Waals surface area contributed by atoms with Gasteiger partial charge in [-0.2, -0.15) is 0 Å². The maximum Gasteiger partial charge on any atom is 0.274 e. The zero-order valence-corrected chi connectivity index (χ0v) is 18.2. The Labute approximate surface area is 188 Å². The number of hydrogen-bond acceptors (Lipinski definition) is 5. The van der Waals surface area contributed by atoms with Gasteiger partial charge in [-0.05, 0) is 31.7 Å². The number of nitrogens with zero attached hydrogens (tertiary/aromatic N) is 2. The molecule has 2 heterocycles. The van der Waals surface area contributed by atoms with E-state index >= 15 is 0 Å². The fourth-order valence-corrected chi connectivity index (χ4v) is 4.87. The molecule has 2 aromatic rings. The van der Waals surface area contributed by atoms with Gasteiger partial charge in [-0.25, -0.2) is 4.39 Å². The summed E-state index contributed by atoms with van der Waals surface area (Å²) in [6.07, 6.45) is 2.37. The summed E-state index contributed by atoms with van der Waals surface area (Å²) in [4.78, 5) is 40.0. The van der Waals surface area contributed by atoms with Gasteiger partial charge in [-0.15, -0.1) is 0 Å². The number of likely N-dealkylation sites (N-methyl/N-ethyl adjacent to an activating group) is 1. The third-order valence-corrected chi connectivity index (χ3v) is 6.65. The lowest BCUT2D eigenvalue weighted by atomic mass is 9.67. The summed E-state index contributed by atoms with van der Waals surface area (Å²) in [5, 5.41) is 22.5. The molecule has 1 spiro atoms. The van der Waals surface area contributed by atoms with Gasteiger partial charge in [-0.3, -0.25) is 14.4 Å². The number of aliphatic hydroxyl groups is 1. The first-order valence-electron chi connectivity index (χ1n) is 10.3. The predicted molar refractivity (Wildman–Crippen MR) is 114 cm³/mol. The van der Waals surface area contributed by atoms with Crippen molar-refractivity contribution in [2.75, 3.05) is 19.7 Å². The Hall–Kier alpha value is -2.91. The summed E-state index contributed by atoms with van der Waals surface area (Å²) in [6.45, 7) is 2.32. The van der Waals surface area contributed by atoms with Crippen LogP contribution in [-0.4, -0.2) is 51.2 Å². The van der Waals surface area contributed by atoms with Crippen molar-refractivity contribution in [3.63, 3.8) is 0 Å². The van der Waals surface area contributed by atoms with Crippen LogP contribution in [0.3, 0.4) is 0 Å². The highest BCUT2D eigenvalue weighted by atomic mass is 35.5. The Morgan fingerprint density at radius 2 is 2.06 bits per heavy atom. The molecule has 2 amide bonds. The third-order valence-electron chi connectivity index (χ3n) is 6.36. The predicted octanol–water partition coefficient (Wildman–Crippen LogP) is 1.85. The summed E-state index contributed by atoms with van der Waals surface area (Å²) < 4.78 is 15.6. The summed E-state index contributed by atoms with van der Waals surface area (Å²) in [5.41, 5.74) is -1.95. The van der Waals surface area contributed by atoms with Crippen molar-refractivity contribution in [1.29, 1.82) is 0 Å². The normalized spacial score (nSPS) is 21.9. The fourth-order valence-electron chi connectivity index (χ4n) is 4.68. The van der Waals surface area contributed by atoms with Gasteiger partial charge < -0.3 is 25.0 Å². The van der Waals surface area contributed by atoms with E-state index in [0.29, 0.717) is 25.9 Å². The Morgan fingerprint density at radius 3 is 2.72 bits per heavy atom. The molecule has 1 saturated carbocycles. The molecule has 0 atom stereocenters. The first kappa shape index (κ1) is 22.3. The van der Waals surface area contributed by atoms with E-state index in [4.69, 9.17) is 11.6 Å². The number of aromatic hydroxyl groups is 1. The third kappa shape index (κ3) is 3.45. The maximum absolute atomic E-state index is 14.1. The molecular weight excluding hydrogens is 441 g/mol. The van der Waals surface area contributed by atoms with Crippen LogP contribution in [-0.2, 0) is 12.1 Å². The van der Waals surface area contributed by atoms with Crippen molar-refractivity contribution < 1.29 is 24.2 Å². The smallest absolute Gasteiger partial charge is 0.274 e. The van der Waals surface area contributed by atoms with Crippen molar-refractivity contribution in [3.05, 3.63) is 62.3 Å². The first-order valence-corrected chi connectivity index (χ1v) is 10.7. The molecule has 1 aliphatic carbocycles. The van der Waals surface area contributed by atoms with Crippen LogP contribution in [0.1, 0.15) is 46.2 Å². The topological polar surface area (TPSA) is 112 Å². The van der Waals surface area contributed by atoms with Gasteiger partial charge >= 0.3 is 0 Å². The molecule has 8 nitrogen and oxygen atoms in total. The van der Waals surface area contributed by atoms with Gasteiger partial charge in [0.05, 0.1) is 10.6 Å². The molecule has 0 unspecified atom stereocenters. The monoisotopic (exact) mass is 463 g/mol. The second-order valence-corrected chi connectivity index (χ2v) is 8.74. The van der Waals surface area contributed by atoms with Crippen LogP contribution in [0.5, 0.6) is 5.75 Å². The average molecular weight is 464 g/mol. The number of nitrogens with one attached hydrogen (secondary N) is 1. The van der Waals surface area contributed by atoms with Crippen molar-refractivity contribution in [2.45, 2.75) is 31.8 Å². The van der Waals surface area contributed by atoms with Crippen molar-refractivity contribution in [1.82, 2.24) is 14.8 Å². The second-order valence-electron chi connectivity index (χ2n) is 8.34. The van der Waals surface area contributed by atoms with E-state index in [1.807, 2.05) is 0 Å². The number of carbonyl (C=O) groups excluding carboxylic acids is 2. The largest absolute Gasteiger partial charge is 0.503 e. The Balaban J connectivity index is 1.71. The zero-order valence-electron chi connectivity index (χ0n) is 17.4. The van der Waals surface area contributed by atoms with Gasteiger partial charge in [0, 0.05) is 38.0 Å². The number of carbonyl (C=O) groups is 2. The number of pyridine rings is 1. The van der Waals surface area contributed by atoms with E-state index in [0.717, 1.165) is 0 Å². The SMILES string of the molecule is CCN1C[C@]2(C[C@@H](CO)C2)n2cc(C(=O)NCc3cccc(Cl)c3F)c(=O)c(O)c2C1=O. The number of amides is 2. The minimum Gasteiger partial charge on any atom is -0.503 e. The molecule has 10 heteroatoms. The molecule has 3 N–H and O–H groups in total. The Kier molecular flexibility index (Phi) is 5.72. The lowest BCUT2D eigenvalue weighted by Gasteiger charge is -2.54.